The Morgan fingerprint density at radius 3 is 2.43 bits per heavy atom. The monoisotopic (exact) mass is 218 g/mol. The minimum absolute atomic E-state index is 0.406. The summed E-state index contributed by atoms with van der Waals surface area (Å²) < 4.78 is 18.1. The molecule has 0 aliphatic rings. The van der Waals surface area contributed by atoms with E-state index in [9.17, 15) is 4.57 Å². The van der Waals surface area contributed by atoms with Crippen LogP contribution in [0.1, 0.15) is 32.6 Å². The number of rotatable bonds is 7. The lowest BCUT2D eigenvalue weighted by atomic mass is 10.2. The molecule has 0 aliphatic heterocycles. The van der Waals surface area contributed by atoms with Gasteiger partial charge in [0.25, 0.3) is 0 Å². The molecule has 0 fully saturated rings. The first-order valence-corrected chi connectivity index (χ1v) is 6.48. The Kier molecular flexibility index (Phi) is 6.82. The van der Waals surface area contributed by atoms with Crippen LogP contribution >= 0.6 is 7.52 Å². The first-order chi connectivity index (χ1) is 6.56. The lowest BCUT2D eigenvalue weighted by Crippen LogP contribution is -2.10. The first-order valence-electron chi connectivity index (χ1n) is 4.90. The van der Waals surface area contributed by atoms with Gasteiger partial charge >= 0.3 is 7.52 Å². The molecule has 0 aromatic carbocycles. The second kappa shape index (κ2) is 7.00. The zero-order valence-electron chi connectivity index (χ0n) is 9.19. The van der Waals surface area contributed by atoms with Gasteiger partial charge in [0.15, 0.2) is 5.81 Å². The van der Waals surface area contributed by atoms with E-state index in [2.05, 4.69) is 6.92 Å². The molecule has 0 spiro atoms. The number of hydrogen-bond donors (Lipinski definition) is 0. The van der Waals surface area contributed by atoms with Gasteiger partial charge in [0, 0.05) is 0 Å². The molecule has 0 aromatic heterocycles. The standard InChI is InChI=1S/C9H19N2O2P/c1-4-5-6-7-8-13-14(12,9-10)11(2)3/h4-8H2,1-3H3. The molecular formula is C9H19N2O2P. The van der Waals surface area contributed by atoms with E-state index in [4.69, 9.17) is 9.79 Å². The highest BCUT2D eigenvalue weighted by molar-refractivity contribution is 7.61. The smallest absolute Gasteiger partial charge is 0.307 e. The maximum atomic E-state index is 11.7. The summed E-state index contributed by atoms with van der Waals surface area (Å²) in [5, 5.41) is 8.68. The normalized spacial score (nSPS) is 15.1. The first kappa shape index (κ1) is 13.6. The van der Waals surface area contributed by atoms with Crippen molar-refractivity contribution in [3.63, 3.8) is 0 Å². The van der Waals surface area contributed by atoms with Crippen LogP contribution in [0.15, 0.2) is 0 Å². The van der Waals surface area contributed by atoms with Gasteiger partial charge in [-0.15, -0.1) is 0 Å². The van der Waals surface area contributed by atoms with E-state index < -0.39 is 7.52 Å². The van der Waals surface area contributed by atoms with E-state index in [1.54, 1.807) is 19.9 Å². The van der Waals surface area contributed by atoms with Gasteiger partial charge < -0.3 is 4.52 Å². The number of nitrogens with zero attached hydrogens (tertiary/aromatic N) is 2. The maximum Gasteiger partial charge on any atom is 0.370 e. The van der Waals surface area contributed by atoms with Crippen molar-refractivity contribution < 1.29 is 9.09 Å². The third kappa shape index (κ3) is 4.76. The number of hydrogen-bond acceptors (Lipinski definition) is 3. The third-order valence-corrected chi connectivity index (χ3v) is 3.76. The predicted molar refractivity (Wildman–Crippen MR) is 57.0 cm³/mol. The lowest BCUT2D eigenvalue weighted by molar-refractivity contribution is 0.281. The number of unbranched alkanes of at least 4 members (excludes halogenated alkanes) is 3. The summed E-state index contributed by atoms with van der Waals surface area (Å²) >= 11 is 0. The van der Waals surface area contributed by atoms with E-state index in [1.165, 1.54) is 4.67 Å². The summed E-state index contributed by atoms with van der Waals surface area (Å²) in [6, 6.07) is 0. The molecule has 0 saturated heterocycles. The van der Waals surface area contributed by atoms with E-state index in [1.807, 2.05) is 0 Å². The fourth-order valence-electron chi connectivity index (χ4n) is 0.951. The Balaban J connectivity index is 3.76. The molecule has 0 radical (unpaired) electrons. The maximum absolute atomic E-state index is 11.7. The largest absolute Gasteiger partial charge is 0.370 e. The second-order valence-electron chi connectivity index (χ2n) is 3.36. The summed E-state index contributed by atoms with van der Waals surface area (Å²) in [6.07, 6.45) is 4.24. The molecule has 0 amide bonds. The van der Waals surface area contributed by atoms with Gasteiger partial charge in [-0.2, -0.15) is 5.26 Å². The van der Waals surface area contributed by atoms with E-state index >= 15 is 0 Å². The topological polar surface area (TPSA) is 53.3 Å². The van der Waals surface area contributed by atoms with Crippen molar-refractivity contribution in [3.05, 3.63) is 0 Å². The minimum atomic E-state index is -3.18. The second-order valence-corrected chi connectivity index (χ2v) is 5.66. The lowest BCUT2D eigenvalue weighted by Gasteiger charge is -2.17. The Morgan fingerprint density at radius 1 is 1.36 bits per heavy atom. The van der Waals surface area contributed by atoms with Crippen LogP contribution in [-0.4, -0.2) is 25.4 Å². The molecular weight excluding hydrogens is 199 g/mol. The highest BCUT2D eigenvalue weighted by Crippen LogP contribution is 2.47. The van der Waals surface area contributed by atoms with Crippen LogP contribution in [-0.2, 0) is 9.09 Å². The molecule has 0 aromatic rings. The van der Waals surface area contributed by atoms with Crippen molar-refractivity contribution in [1.82, 2.24) is 4.67 Å². The average molecular weight is 218 g/mol. The molecule has 5 heteroatoms. The summed E-state index contributed by atoms with van der Waals surface area (Å²) in [5.41, 5.74) is 0. The van der Waals surface area contributed by atoms with Crippen LogP contribution in [0.4, 0.5) is 0 Å². The quantitative estimate of drug-likeness (QED) is 0.487. The molecule has 0 saturated carbocycles. The zero-order chi connectivity index (χ0) is 11.0. The molecule has 4 nitrogen and oxygen atoms in total. The van der Waals surface area contributed by atoms with E-state index in [0.717, 1.165) is 25.7 Å². The van der Waals surface area contributed by atoms with Crippen molar-refractivity contribution in [3.8, 4) is 5.81 Å². The SMILES string of the molecule is CCCCCCOP(=O)(C#N)N(C)C. The van der Waals surface area contributed by atoms with Gasteiger partial charge in [-0.05, 0) is 20.5 Å². The Labute approximate surface area is 86.4 Å². The molecule has 0 bridgehead atoms. The Hall–Kier alpha value is -0.360. The van der Waals surface area contributed by atoms with Gasteiger partial charge in [0.05, 0.1) is 6.61 Å². The van der Waals surface area contributed by atoms with Crippen molar-refractivity contribution >= 4 is 7.52 Å². The third-order valence-electron chi connectivity index (χ3n) is 1.92. The molecule has 0 aliphatic carbocycles. The van der Waals surface area contributed by atoms with Gasteiger partial charge in [-0.1, -0.05) is 26.2 Å². The number of nitriles is 1. The van der Waals surface area contributed by atoms with E-state index in [-0.39, 0.29) is 0 Å². The summed E-state index contributed by atoms with van der Waals surface area (Å²) in [4.78, 5) is 0. The molecule has 14 heavy (non-hydrogen) atoms. The zero-order valence-corrected chi connectivity index (χ0v) is 10.1. The highest BCUT2D eigenvalue weighted by Gasteiger charge is 2.25. The summed E-state index contributed by atoms with van der Waals surface area (Å²) in [6.45, 7) is 2.53. The fraction of sp³-hybridized carbons (Fsp3) is 0.889. The van der Waals surface area contributed by atoms with E-state index in [0.29, 0.717) is 6.61 Å². The molecule has 1 unspecified atom stereocenters. The van der Waals surface area contributed by atoms with Crippen LogP contribution in [0.2, 0.25) is 0 Å². The van der Waals surface area contributed by atoms with Crippen molar-refractivity contribution in [2.75, 3.05) is 20.7 Å². The average Bonchev–Trinajstić information content (AvgIpc) is 2.17. The minimum Gasteiger partial charge on any atom is -0.307 e. The van der Waals surface area contributed by atoms with Crippen LogP contribution in [0, 0.1) is 11.1 Å². The summed E-state index contributed by atoms with van der Waals surface area (Å²) in [5.74, 6) is 1.73. The molecule has 0 N–H and O–H groups in total. The van der Waals surface area contributed by atoms with Crippen LogP contribution < -0.4 is 0 Å². The molecule has 0 rings (SSSR count). The fourth-order valence-corrected chi connectivity index (χ4v) is 1.80. The van der Waals surface area contributed by atoms with Gasteiger partial charge in [-0.3, -0.25) is 4.57 Å². The molecule has 1 atom stereocenters. The molecule has 82 valence electrons. The van der Waals surface area contributed by atoms with Crippen LogP contribution in [0.25, 0.3) is 0 Å². The predicted octanol–water partition coefficient (Wildman–Crippen LogP) is 2.82. The van der Waals surface area contributed by atoms with Crippen molar-refractivity contribution in [2.45, 2.75) is 32.6 Å². The van der Waals surface area contributed by atoms with Crippen LogP contribution in [0.5, 0.6) is 0 Å². The van der Waals surface area contributed by atoms with Gasteiger partial charge in [-0.25, -0.2) is 4.67 Å². The Morgan fingerprint density at radius 2 is 2.00 bits per heavy atom. The van der Waals surface area contributed by atoms with Crippen LogP contribution in [0.3, 0.4) is 0 Å². The summed E-state index contributed by atoms with van der Waals surface area (Å²) in [7, 11) is 0.00464. The van der Waals surface area contributed by atoms with Crippen molar-refractivity contribution in [2.24, 2.45) is 0 Å². The van der Waals surface area contributed by atoms with Crippen molar-refractivity contribution in [1.29, 1.82) is 5.26 Å². The Bertz CT molecular complexity index is 235. The highest BCUT2D eigenvalue weighted by atomic mass is 31.2. The van der Waals surface area contributed by atoms with Gasteiger partial charge in [0.1, 0.15) is 0 Å². The molecule has 0 heterocycles. The van der Waals surface area contributed by atoms with Gasteiger partial charge in [0.2, 0.25) is 0 Å².